The first-order chi connectivity index (χ1) is 10.9. The molecule has 3 rings (SSSR count). The Bertz CT molecular complexity index is 667. The van der Waals surface area contributed by atoms with Crippen molar-refractivity contribution in [3.63, 3.8) is 0 Å². The third kappa shape index (κ3) is 3.48. The number of nitrogens with zero attached hydrogens (tertiary/aromatic N) is 6. The minimum atomic E-state index is -4.45. The second-order valence-corrected chi connectivity index (χ2v) is 5.37. The van der Waals surface area contributed by atoms with Gasteiger partial charge in [-0.25, -0.2) is 9.67 Å². The number of H-pyrrole nitrogens is 1. The third-order valence-electron chi connectivity index (χ3n) is 3.75. The zero-order valence-electron chi connectivity index (χ0n) is 12.0. The highest BCUT2D eigenvalue weighted by Crippen LogP contribution is 2.31. The van der Waals surface area contributed by atoms with E-state index in [9.17, 15) is 18.0 Å². The summed E-state index contributed by atoms with van der Waals surface area (Å²) in [5.41, 5.74) is -0.871. The first-order valence-corrected chi connectivity index (χ1v) is 7.04. The Morgan fingerprint density at radius 1 is 1.43 bits per heavy atom. The lowest BCUT2D eigenvalue weighted by Crippen LogP contribution is -2.41. The summed E-state index contributed by atoms with van der Waals surface area (Å²) in [6.45, 7) is 0.891. The molecule has 1 unspecified atom stereocenters. The summed E-state index contributed by atoms with van der Waals surface area (Å²) in [7, 11) is 0. The molecular formula is C12H14F3N7O. The molecule has 23 heavy (non-hydrogen) atoms. The standard InChI is InChI=1S/C12H14F3N7O/c13-12(14,15)9-4-16-11(18-9)8-2-1-3-21(5-8)10(23)6-22-7-17-19-20-22/h4,7-8H,1-3,5-6H2,(H,16,18). The molecule has 1 amide bonds. The number of amides is 1. The van der Waals surface area contributed by atoms with Crippen LogP contribution in [0, 0.1) is 0 Å². The van der Waals surface area contributed by atoms with Gasteiger partial charge < -0.3 is 9.88 Å². The SMILES string of the molecule is O=C(Cn1cnnn1)N1CCCC(c2ncc(C(F)(F)F)[nH]2)C1. The Morgan fingerprint density at radius 2 is 2.26 bits per heavy atom. The van der Waals surface area contributed by atoms with Crippen LogP contribution in [-0.4, -0.2) is 54.1 Å². The van der Waals surface area contributed by atoms with E-state index in [1.165, 1.54) is 11.0 Å². The van der Waals surface area contributed by atoms with Gasteiger partial charge in [0.2, 0.25) is 5.91 Å². The van der Waals surface area contributed by atoms with Gasteiger partial charge in [0, 0.05) is 19.0 Å². The number of imidazole rings is 1. The largest absolute Gasteiger partial charge is 0.432 e. The van der Waals surface area contributed by atoms with Crippen LogP contribution in [0.3, 0.4) is 0 Å². The highest BCUT2D eigenvalue weighted by molar-refractivity contribution is 5.76. The van der Waals surface area contributed by atoms with Gasteiger partial charge in [-0.15, -0.1) is 5.10 Å². The van der Waals surface area contributed by atoms with Gasteiger partial charge in [-0.3, -0.25) is 4.79 Å². The summed E-state index contributed by atoms with van der Waals surface area (Å²) in [6.07, 6.45) is -0.943. The van der Waals surface area contributed by atoms with E-state index in [0.717, 1.165) is 6.20 Å². The van der Waals surface area contributed by atoms with E-state index in [4.69, 9.17) is 0 Å². The molecule has 0 bridgehead atoms. The van der Waals surface area contributed by atoms with Gasteiger partial charge in [0.15, 0.2) is 0 Å². The maximum Gasteiger partial charge on any atom is 0.432 e. The average Bonchev–Trinajstić information content (AvgIpc) is 3.18. The predicted octanol–water partition coefficient (Wildman–Crippen LogP) is 0.821. The van der Waals surface area contributed by atoms with Crippen LogP contribution >= 0.6 is 0 Å². The summed E-state index contributed by atoms with van der Waals surface area (Å²) in [6, 6.07) is 0. The first kappa shape index (κ1) is 15.4. The number of rotatable bonds is 3. The smallest absolute Gasteiger partial charge is 0.340 e. The molecule has 0 radical (unpaired) electrons. The minimum Gasteiger partial charge on any atom is -0.340 e. The van der Waals surface area contributed by atoms with E-state index in [1.807, 2.05) is 0 Å². The zero-order valence-corrected chi connectivity index (χ0v) is 12.0. The lowest BCUT2D eigenvalue weighted by atomic mass is 9.97. The molecule has 124 valence electrons. The topological polar surface area (TPSA) is 92.6 Å². The number of aromatic nitrogens is 6. The van der Waals surface area contributed by atoms with Crippen molar-refractivity contribution >= 4 is 5.91 Å². The molecule has 1 atom stereocenters. The molecule has 2 aromatic heterocycles. The van der Waals surface area contributed by atoms with Crippen LogP contribution < -0.4 is 0 Å². The molecule has 0 spiro atoms. The molecule has 1 N–H and O–H groups in total. The zero-order chi connectivity index (χ0) is 16.4. The fourth-order valence-corrected chi connectivity index (χ4v) is 2.61. The number of halogens is 3. The molecule has 1 aliphatic rings. The Morgan fingerprint density at radius 3 is 2.91 bits per heavy atom. The summed E-state index contributed by atoms with van der Waals surface area (Å²) >= 11 is 0. The van der Waals surface area contributed by atoms with Crippen molar-refractivity contribution in [1.82, 2.24) is 35.1 Å². The quantitative estimate of drug-likeness (QED) is 0.900. The van der Waals surface area contributed by atoms with Gasteiger partial charge in [0.05, 0.1) is 6.20 Å². The molecule has 0 aromatic carbocycles. The maximum absolute atomic E-state index is 12.6. The van der Waals surface area contributed by atoms with Gasteiger partial charge in [-0.1, -0.05) is 0 Å². The first-order valence-electron chi connectivity index (χ1n) is 7.04. The van der Waals surface area contributed by atoms with E-state index in [-0.39, 0.29) is 24.2 Å². The number of carbonyl (C=O) groups is 1. The van der Waals surface area contributed by atoms with E-state index < -0.39 is 11.9 Å². The van der Waals surface area contributed by atoms with Crippen LogP contribution in [0.2, 0.25) is 0 Å². The van der Waals surface area contributed by atoms with Gasteiger partial charge in [-0.2, -0.15) is 13.2 Å². The number of hydrogen-bond donors (Lipinski definition) is 1. The van der Waals surface area contributed by atoms with Crippen molar-refractivity contribution in [3.05, 3.63) is 24.0 Å². The van der Waals surface area contributed by atoms with Crippen molar-refractivity contribution in [2.45, 2.75) is 31.5 Å². The molecular weight excluding hydrogens is 315 g/mol. The van der Waals surface area contributed by atoms with Crippen LogP contribution in [0.5, 0.6) is 0 Å². The van der Waals surface area contributed by atoms with Crippen molar-refractivity contribution in [3.8, 4) is 0 Å². The van der Waals surface area contributed by atoms with Crippen molar-refractivity contribution in [1.29, 1.82) is 0 Å². The predicted molar refractivity (Wildman–Crippen MR) is 70.0 cm³/mol. The van der Waals surface area contributed by atoms with Crippen LogP contribution in [0.1, 0.15) is 30.3 Å². The lowest BCUT2D eigenvalue weighted by Gasteiger charge is -2.31. The van der Waals surface area contributed by atoms with Crippen molar-refractivity contribution in [2.75, 3.05) is 13.1 Å². The molecule has 8 nitrogen and oxygen atoms in total. The van der Waals surface area contributed by atoms with E-state index >= 15 is 0 Å². The molecule has 3 heterocycles. The number of alkyl halides is 3. The number of likely N-dealkylation sites (tertiary alicyclic amines) is 1. The summed E-state index contributed by atoms with van der Waals surface area (Å²) in [5, 5.41) is 10.5. The summed E-state index contributed by atoms with van der Waals surface area (Å²) < 4.78 is 39.2. The van der Waals surface area contributed by atoms with Gasteiger partial charge >= 0.3 is 6.18 Å². The monoisotopic (exact) mass is 329 g/mol. The maximum atomic E-state index is 12.6. The highest BCUT2D eigenvalue weighted by Gasteiger charge is 2.34. The Kier molecular flexibility index (Phi) is 4.01. The molecule has 1 saturated heterocycles. The number of carbonyl (C=O) groups excluding carboxylic acids is 1. The molecule has 2 aromatic rings. The average molecular weight is 329 g/mol. The second kappa shape index (κ2) is 5.97. The Hall–Kier alpha value is -2.46. The van der Waals surface area contributed by atoms with E-state index in [2.05, 4.69) is 25.5 Å². The molecule has 0 saturated carbocycles. The number of tetrazole rings is 1. The normalized spacial score (nSPS) is 19.1. The van der Waals surface area contributed by atoms with Crippen LogP contribution in [0.15, 0.2) is 12.5 Å². The highest BCUT2D eigenvalue weighted by atomic mass is 19.4. The van der Waals surface area contributed by atoms with E-state index in [0.29, 0.717) is 25.9 Å². The fourth-order valence-electron chi connectivity index (χ4n) is 2.61. The number of hydrogen-bond acceptors (Lipinski definition) is 5. The number of nitrogens with one attached hydrogen (secondary N) is 1. The molecule has 1 aliphatic heterocycles. The van der Waals surface area contributed by atoms with Gasteiger partial charge in [0.1, 0.15) is 24.4 Å². The fraction of sp³-hybridized carbons (Fsp3) is 0.583. The number of aromatic amines is 1. The van der Waals surface area contributed by atoms with Crippen LogP contribution in [-0.2, 0) is 17.5 Å². The second-order valence-electron chi connectivity index (χ2n) is 5.37. The summed E-state index contributed by atoms with van der Waals surface area (Å²) in [5.74, 6) is -0.153. The molecule has 1 fully saturated rings. The number of piperidine rings is 1. The molecule has 11 heteroatoms. The Labute approximate surface area is 128 Å². The minimum absolute atomic E-state index is 0.00563. The third-order valence-corrected chi connectivity index (χ3v) is 3.75. The van der Waals surface area contributed by atoms with Gasteiger partial charge in [0.25, 0.3) is 0 Å². The van der Waals surface area contributed by atoms with Crippen LogP contribution in [0.4, 0.5) is 13.2 Å². The Balaban J connectivity index is 1.66. The lowest BCUT2D eigenvalue weighted by molar-refractivity contribution is -0.141. The van der Waals surface area contributed by atoms with E-state index in [1.54, 1.807) is 4.90 Å². The summed E-state index contributed by atoms with van der Waals surface area (Å²) in [4.78, 5) is 19.9. The van der Waals surface area contributed by atoms with Gasteiger partial charge in [-0.05, 0) is 23.3 Å². The van der Waals surface area contributed by atoms with Crippen molar-refractivity contribution in [2.24, 2.45) is 0 Å². The van der Waals surface area contributed by atoms with Crippen molar-refractivity contribution < 1.29 is 18.0 Å². The van der Waals surface area contributed by atoms with Crippen LogP contribution in [0.25, 0.3) is 0 Å². The molecule has 0 aliphatic carbocycles.